The molecule has 4 nitrogen and oxygen atoms in total. The molecule has 98 valence electrons. The van der Waals surface area contributed by atoms with Crippen LogP contribution in [-0.2, 0) is 16.0 Å². The van der Waals surface area contributed by atoms with Crippen molar-refractivity contribution < 1.29 is 14.7 Å². The maximum atomic E-state index is 11.4. The summed E-state index contributed by atoms with van der Waals surface area (Å²) in [7, 11) is 0. The van der Waals surface area contributed by atoms with Crippen molar-refractivity contribution in [2.24, 2.45) is 0 Å². The van der Waals surface area contributed by atoms with Gasteiger partial charge in [-0.05, 0) is 37.0 Å². The molecule has 0 radical (unpaired) electrons. The first-order valence-electron chi connectivity index (χ1n) is 6.22. The lowest BCUT2D eigenvalue weighted by Crippen LogP contribution is -2.10. The standard InChI is InChI=1S/C14H19NO3/c1-2-4-13(16)15-12-9-7-11(8-10-12)5-3-6-14(17)18/h7-10H,2-6H2,1H3,(H,15,16)(H,17,18). The van der Waals surface area contributed by atoms with Gasteiger partial charge in [-0.15, -0.1) is 0 Å². The van der Waals surface area contributed by atoms with E-state index in [0.717, 1.165) is 24.1 Å². The minimum absolute atomic E-state index is 0.0242. The van der Waals surface area contributed by atoms with Gasteiger partial charge in [0.05, 0.1) is 0 Å². The van der Waals surface area contributed by atoms with E-state index in [1.54, 1.807) is 0 Å². The second-order valence-corrected chi connectivity index (χ2v) is 4.24. The first-order valence-corrected chi connectivity index (χ1v) is 6.22. The predicted molar refractivity (Wildman–Crippen MR) is 70.6 cm³/mol. The van der Waals surface area contributed by atoms with Crippen LogP contribution in [0.15, 0.2) is 24.3 Å². The number of carbonyl (C=O) groups excluding carboxylic acids is 1. The molecular weight excluding hydrogens is 230 g/mol. The monoisotopic (exact) mass is 249 g/mol. The lowest BCUT2D eigenvalue weighted by Gasteiger charge is -2.05. The Hall–Kier alpha value is -1.84. The van der Waals surface area contributed by atoms with E-state index in [1.165, 1.54) is 0 Å². The lowest BCUT2D eigenvalue weighted by molar-refractivity contribution is -0.137. The Morgan fingerprint density at radius 3 is 2.39 bits per heavy atom. The molecule has 0 heterocycles. The molecule has 1 aromatic rings. The number of aliphatic carboxylic acids is 1. The molecule has 0 spiro atoms. The zero-order valence-corrected chi connectivity index (χ0v) is 10.6. The Bertz CT molecular complexity index is 398. The number of carbonyl (C=O) groups is 2. The van der Waals surface area contributed by atoms with Crippen LogP contribution in [0.3, 0.4) is 0 Å². The number of anilines is 1. The van der Waals surface area contributed by atoms with Crippen LogP contribution in [0.25, 0.3) is 0 Å². The van der Waals surface area contributed by atoms with Crippen molar-refractivity contribution in [2.75, 3.05) is 5.32 Å². The van der Waals surface area contributed by atoms with E-state index in [0.29, 0.717) is 12.8 Å². The minimum Gasteiger partial charge on any atom is -0.481 e. The molecule has 0 fully saturated rings. The average Bonchev–Trinajstić information content (AvgIpc) is 2.31. The van der Waals surface area contributed by atoms with Gasteiger partial charge in [-0.1, -0.05) is 19.1 Å². The molecule has 18 heavy (non-hydrogen) atoms. The fourth-order valence-electron chi connectivity index (χ4n) is 1.65. The van der Waals surface area contributed by atoms with E-state index in [-0.39, 0.29) is 12.3 Å². The number of hydrogen-bond donors (Lipinski definition) is 2. The van der Waals surface area contributed by atoms with Gasteiger partial charge >= 0.3 is 5.97 Å². The number of aryl methyl sites for hydroxylation is 1. The Kier molecular flexibility index (Phi) is 5.91. The molecule has 0 saturated carbocycles. The maximum Gasteiger partial charge on any atom is 0.303 e. The molecule has 1 amide bonds. The molecule has 1 aromatic carbocycles. The van der Waals surface area contributed by atoms with Crippen molar-refractivity contribution in [2.45, 2.75) is 39.0 Å². The highest BCUT2D eigenvalue weighted by Crippen LogP contribution is 2.12. The molecule has 0 aliphatic heterocycles. The van der Waals surface area contributed by atoms with Crippen molar-refractivity contribution in [1.29, 1.82) is 0 Å². The van der Waals surface area contributed by atoms with E-state index in [9.17, 15) is 9.59 Å². The van der Waals surface area contributed by atoms with Gasteiger partial charge in [-0.2, -0.15) is 0 Å². The molecule has 0 aromatic heterocycles. The SMILES string of the molecule is CCCC(=O)Nc1ccc(CCCC(=O)O)cc1. The van der Waals surface area contributed by atoms with Crippen molar-refractivity contribution in [3.8, 4) is 0 Å². The molecular formula is C14H19NO3. The number of carboxylic acids is 1. The number of carboxylic acid groups (broad SMARTS) is 1. The highest BCUT2D eigenvalue weighted by molar-refractivity contribution is 5.90. The zero-order chi connectivity index (χ0) is 13.4. The van der Waals surface area contributed by atoms with E-state index in [1.807, 2.05) is 31.2 Å². The Balaban J connectivity index is 2.42. The third-order valence-corrected chi connectivity index (χ3v) is 2.57. The number of nitrogens with one attached hydrogen (secondary N) is 1. The summed E-state index contributed by atoms with van der Waals surface area (Å²) < 4.78 is 0. The summed E-state index contributed by atoms with van der Waals surface area (Å²) in [4.78, 5) is 21.7. The summed E-state index contributed by atoms with van der Waals surface area (Å²) in [5, 5.41) is 11.3. The number of rotatable bonds is 7. The summed E-state index contributed by atoms with van der Waals surface area (Å²) in [6, 6.07) is 7.54. The number of benzene rings is 1. The first-order chi connectivity index (χ1) is 8.61. The minimum atomic E-state index is -0.765. The topological polar surface area (TPSA) is 66.4 Å². The Labute approximate surface area is 107 Å². The summed E-state index contributed by atoms with van der Waals surface area (Å²) >= 11 is 0. The quantitative estimate of drug-likeness (QED) is 0.780. The molecule has 2 N–H and O–H groups in total. The molecule has 0 atom stereocenters. The second-order valence-electron chi connectivity index (χ2n) is 4.24. The molecule has 1 rings (SSSR count). The van der Waals surface area contributed by atoms with Crippen LogP contribution in [0, 0.1) is 0 Å². The van der Waals surface area contributed by atoms with Crippen molar-refractivity contribution in [3.63, 3.8) is 0 Å². The van der Waals surface area contributed by atoms with Gasteiger partial charge in [0.15, 0.2) is 0 Å². The van der Waals surface area contributed by atoms with E-state index in [4.69, 9.17) is 5.11 Å². The average molecular weight is 249 g/mol. The first kappa shape index (κ1) is 14.2. The lowest BCUT2D eigenvalue weighted by atomic mass is 10.1. The Morgan fingerprint density at radius 1 is 1.17 bits per heavy atom. The van der Waals surface area contributed by atoms with Gasteiger partial charge < -0.3 is 10.4 Å². The van der Waals surface area contributed by atoms with Gasteiger partial charge in [-0.25, -0.2) is 0 Å². The maximum absolute atomic E-state index is 11.4. The normalized spacial score (nSPS) is 10.1. The number of amides is 1. The van der Waals surface area contributed by atoms with Gasteiger partial charge in [0.1, 0.15) is 0 Å². The van der Waals surface area contributed by atoms with Gasteiger partial charge in [0, 0.05) is 18.5 Å². The van der Waals surface area contributed by atoms with Crippen LogP contribution in [-0.4, -0.2) is 17.0 Å². The zero-order valence-electron chi connectivity index (χ0n) is 10.6. The molecule has 0 bridgehead atoms. The fourth-order valence-corrected chi connectivity index (χ4v) is 1.65. The predicted octanol–water partition coefficient (Wildman–Crippen LogP) is 2.83. The van der Waals surface area contributed by atoms with Crippen LogP contribution >= 0.6 is 0 Å². The highest BCUT2D eigenvalue weighted by Gasteiger charge is 2.01. The molecule has 0 unspecified atom stereocenters. The molecule has 4 heteroatoms. The third-order valence-electron chi connectivity index (χ3n) is 2.57. The number of hydrogen-bond acceptors (Lipinski definition) is 2. The smallest absolute Gasteiger partial charge is 0.303 e. The van der Waals surface area contributed by atoms with Crippen molar-refractivity contribution in [3.05, 3.63) is 29.8 Å². The summed E-state index contributed by atoms with van der Waals surface area (Å²) in [6.07, 6.45) is 2.93. The summed E-state index contributed by atoms with van der Waals surface area (Å²) in [5.41, 5.74) is 1.88. The van der Waals surface area contributed by atoms with Gasteiger partial charge in [-0.3, -0.25) is 9.59 Å². The van der Waals surface area contributed by atoms with Crippen LogP contribution in [0.1, 0.15) is 38.2 Å². The molecule has 0 aliphatic carbocycles. The van der Waals surface area contributed by atoms with Gasteiger partial charge in [0.25, 0.3) is 0 Å². The summed E-state index contributed by atoms with van der Waals surface area (Å²) in [5.74, 6) is -0.741. The highest BCUT2D eigenvalue weighted by atomic mass is 16.4. The fraction of sp³-hybridized carbons (Fsp3) is 0.429. The van der Waals surface area contributed by atoms with Crippen molar-refractivity contribution >= 4 is 17.6 Å². The van der Waals surface area contributed by atoms with Crippen LogP contribution in [0.5, 0.6) is 0 Å². The molecule has 0 saturated heterocycles. The van der Waals surface area contributed by atoms with Crippen LogP contribution < -0.4 is 5.32 Å². The van der Waals surface area contributed by atoms with Crippen LogP contribution in [0.4, 0.5) is 5.69 Å². The van der Waals surface area contributed by atoms with E-state index < -0.39 is 5.97 Å². The van der Waals surface area contributed by atoms with Crippen molar-refractivity contribution in [1.82, 2.24) is 0 Å². The largest absolute Gasteiger partial charge is 0.481 e. The Morgan fingerprint density at radius 2 is 1.83 bits per heavy atom. The van der Waals surface area contributed by atoms with Gasteiger partial charge in [0.2, 0.25) is 5.91 Å². The summed E-state index contributed by atoms with van der Waals surface area (Å²) in [6.45, 7) is 1.96. The molecule has 0 aliphatic rings. The second kappa shape index (κ2) is 7.48. The van der Waals surface area contributed by atoms with E-state index >= 15 is 0 Å². The van der Waals surface area contributed by atoms with E-state index in [2.05, 4.69) is 5.32 Å². The third kappa shape index (κ3) is 5.48. The van der Waals surface area contributed by atoms with Crippen LogP contribution in [0.2, 0.25) is 0 Å².